The van der Waals surface area contributed by atoms with Crippen molar-refractivity contribution in [2.75, 3.05) is 13.1 Å². The highest BCUT2D eigenvalue weighted by molar-refractivity contribution is 6.36. The van der Waals surface area contributed by atoms with Crippen LogP contribution < -0.4 is 5.56 Å². The summed E-state index contributed by atoms with van der Waals surface area (Å²) in [5.41, 5.74) is 1.78. The summed E-state index contributed by atoms with van der Waals surface area (Å²) in [6.45, 7) is 0.908. The van der Waals surface area contributed by atoms with Crippen LogP contribution in [-0.2, 0) is 0 Å². The first-order valence-electron chi connectivity index (χ1n) is 7.72. The van der Waals surface area contributed by atoms with Crippen molar-refractivity contribution in [2.24, 2.45) is 0 Å². The molecule has 7 nitrogen and oxygen atoms in total. The Bertz CT molecular complexity index is 1000. The SMILES string of the molecule is O=C(O)N1CCC(c2cc(=O)n3[nH]c4cccc(Cl)c4c3n2)CC1. The fraction of sp³-hybridized carbons (Fsp3) is 0.312. The lowest BCUT2D eigenvalue weighted by Crippen LogP contribution is -2.37. The molecule has 1 fully saturated rings. The summed E-state index contributed by atoms with van der Waals surface area (Å²) >= 11 is 6.27. The third kappa shape index (κ3) is 2.32. The normalized spacial score (nSPS) is 16.1. The van der Waals surface area contributed by atoms with E-state index >= 15 is 0 Å². The minimum Gasteiger partial charge on any atom is -0.465 e. The van der Waals surface area contributed by atoms with Crippen LogP contribution >= 0.6 is 11.6 Å². The number of aromatic nitrogens is 3. The molecule has 1 aliphatic rings. The fourth-order valence-corrected chi connectivity index (χ4v) is 3.58. The van der Waals surface area contributed by atoms with Crippen molar-refractivity contribution < 1.29 is 9.90 Å². The molecule has 2 aromatic heterocycles. The molecule has 3 heterocycles. The van der Waals surface area contributed by atoms with Crippen LogP contribution in [-0.4, -0.2) is 43.8 Å². The number of halogens is 1. The monoisotopic (exact) mass is 346 g/mol. The van der Waals surface area contributed by atoms with Gasteiger partial charge in [-0.25, -0.2) is 14.3 Å². The summed E-state index contributed by atoms with van der Waals surface area (Å²) in [6, 6.07) is 6.95. The molecular formula is C16H15ClN4O3. The van der Waals surface area contributed by atoms with E-state index in [1.807, 2.05) is 12.1 Å². The van der Waals surface area contributed by atoms with Gasteiger partial charge >= 0.3 is 6.09 Å². The highest BCUT2D eigenvalue weighted by Crippen LogP contribution is 2.29. The van der Waals surface area contributed by atoms with Gasteiger partial charge in [0.15, 0.2) is 5.65 Å². The van der Waals surface area contributed by atoms with Gasteiger partial charge in [0.1, 0.15) is 0 Å². The number of fused-ring (bicyclic) bond motifs is 3. The van der Waals surface area contributed by atoms with E-state index in [0.29, 0.717) is 42.3 Å². The maximum atomic E-state index is 12.4. The Balaban J connectivity index is 1.79. The summed E-state index contributed by atoms with van der Waals surface area (Å²) in [7, 11) is 0. The number of benzene rings is 1. The molecular weight excluding hydrogens is 332 g/mol. The molecule has 1 aliphatic heterocycles. The van der Waals surface area contributed by atoms with Gasteiger partial charge in [-0.2, -0.15) is 0 Å². The number of H-pyrrole nitrogens is 1. The first-order valence-corrected chi connectivity index (χ1v) is 8.10. The van der Waals surface area contributed by atoms with Gasteiger partial charge in [0.2, 0.25) is 0 Å². The second-order valence-electron chi connectivity index (χ2n) is 6.00. The van der Waals surface area contributed by atoms with Crippen molar-refractivity contribution >= 4 is 34.2 Å². The molecule has 124 valence electrons. The molecule has 3 aromatic rings. The number of amides is 1. The third-order valence-corrected chi connectivity index (χ3v) is 4.91. The predicted molar refractivity (Wildman–Crippen MR) is 89.9 cm³/mol. The second-order valence-corrected chi connectivity index (χ2v) is 6.40. The van der Waals surface area contributed by atoms with Crippen LogP contribution in [0.4, 0.5) is 4.79 Å². The average Bonchev–Trinajstić information content (AvgIpc) is 2.95. The Morgan fingerprint density at radius 1 is 1.33 bits per heavy atom. The Morgan fingerprint density at radius 2 is 2.08 bits per heavy atom. The van der Waals surface area contributed by atoms with E-state index < -0.39 is 6.09 Å². The lowest BCUT2D eigenvalue weighted by atomic mass is 9.93. The van der Waals surface area contributed by atoms with Gasteiger partial charge in [-0.05, 0) is 25.0 Å². The molecule has 0 bridgehead atoms. The van der Waals surface area contributed by atoms with Crippen molar-refractivity contribution in [3.8, 4) is 0 Å². The van der Waals surface area contributed by atoms with Gasteiger partial charge in [-0.15, -0.1) is 0 Å². The molecule has 1 saturated heterocycles. The van der Waals surface area contributed by atoms with E-state index in [4.69, 9.17) is 16.7 Å². The average molecular weight is 347 g/mol. The summed E-state index contributed by atoms with van der Waals surface area (Å²) in [5, 5.41) is 13.3. The maximum Gasteiger partial charge on any atom is 0.407 e. The first kappa shape index (κ1) is 15.0. The number of likely N-dealkylation sites (tertiary alicyclic amines) is 1. The van der Waals surface area contributed by atoms with Crippen molar-refractivity contribution in [2.45, 2.75) is 18.8 Å². The summed E-state index contributed by atoms with van der Waals surface area (Å²) in [4.78, 5) is 29.5. The van der Waals surface area contributed by atoms with E-state index in [-0.39, 0.29) is 11.5 Å². The molecule has 1 aromatic carbocycles. The number of carboxylic acid groups (broad SMARTS) is 1. The summed E-state index contributed by atoms with van der Waals surface area (Å²) in [6.07, 6.45) is 0.413. The zero-order valence-corrected chi connectivity index (χ0v) is 13.5. The number of nitrogens with one attached hydrogen (secondary N) is 1. The Kier molecular flexibility index (Phi) is 3.45. The smallest absolute Gasteiger partial charge is 0.407 e. The van der Waals surface area contributed by atoms with Crippen molar-refractivity contribution in [1.82, 2.24) is 19.5 Å². The zero-order valence-electron chi connectivity index (χ0n) is 12.7. The highest BCUT2D eigenvalue weighted by Gasteiger charge is 2.25. The first-order chi connectivity index (χ1) is 11.5. The summed E-state index contributed by atoms with van der Waals surface area (Å²) in [5.74, 6) is 0.0748. The fourth-order valence-electron chi connectivity index (χ4n) is 3.32. The number of carbonyl (C=O) groups is 1. The van der Waals surface area contributed by atoms with E-state index in [1.165, 1.54) is 15.5 Å². The molecule has 0 unspecified atom stereocenters. The maximum absolute atomic E-state index is 12.4. The third-order valence-electron chi connectivity index (χ3n) is 4.59. The van der Waals surface area contributed by atoms with Crippen LogP contribution in [0.3, 0.4) is 0 Å². The van der Waals surface area contributed by atoms with Crippen LogP contribution in [0.15, 0.2) is 29.1 Å². The van der Waals surface area contributed by atoms with Gasteiger partial charge < -0.3 is 10.0 Å². The molecule has 2 N–H and O–H groups in total. The second kappa shape index (κ2) is 5.52. The molecule has 4 rings (SSSR count). The van der Waals surface area contributed by atoms with Crippen LogP contribution in [0.25, 0.3) is 16.6 Å². The van der Waals surface area contributed by atoms with Crippen molar-refractivity contribution in [3.05, 3.63) is 45.3 Å². The number of hydrogen-bond acceptors (Lipinski definition) is 3. The van der Waals surface area contributed by atoms with Gasteiger partial charge in [0.25, 0.3) is 5.56 Å². The number of rotatable bonds is 1. The minimum atomic E-state index is -0.902. The lowest BCUT2D eigenvalue weighted by Gasteiger charge is -2.29. The summed E-state index contributed by atoms with van der Waals surface area (Å²) < 4.78 is 1.40. The van der Waals surface area contributed by atoms with Gasteiger partial charge in [0.05, 0.1) is 21.6 Å². The quantitative estimate of drug-likeness (QED) is 0.708. The molecule has 0 saturated carbocycles. The van der Waals surface area contributed by atoms with E-state index in [9.17, 15) is 9.59 Å². The standard InChI is InChI=1S/C16H15ClN4O3/c17-10-2-1-3-11-14(10)15-18-12(8-13(22)21(15)19-11)9-4-6-20(7-5-9)16(23)24/h1-3,8-9,19H,4-7H2,(H,23,24). The molecule has 0 spiro atoms. The number of aromatic amines is 1. The largest absolute Gasteiger partial charge is 0.465 e. The van der Waals surface area contributed by atoms with Crippen LogP contribution in [0.2, 0.25) is 5.02 Å². The molecule has 0 radical (unpaired) electrons. The van der Waals surface area contributed by atoms with E-state index in [0.717, 1.165) is 10.9 Å². The Hall–Kier alpha value is -2.54. The number of piperidine rings is 1. The van der Waals surface area contributed by atoms with Gasteiger partial charge in [-0.3, -0.25) is 9.89 Å². The Morgan fingerprint density at radius 3 is 2.79 bits per heavy atom. The number of hydrogen-bond donors (Lipinski definition) is 2. The highest BCUT2D eigenvalue weighted by atomic mass is 35.5. The minimum absolute atomic E-state index is 0.0748. The van der Waals surface area contributed by atoms with E-state index in [2.05, 4.69) is 10.1 Å². The number of nitrogens with zero attached hydrogens (tertiary/aromatic N) is 3. The van der Waals surface area contributed by atoms with Crippen LogP contribution in [0, 0.1) is 0 Å². The van der Waals surface area contributed by atoms with Gasteiger partial charge in [0, 0.05) is 25.1 Å². The molecule has 8 heteroatoms. The molecule has 0 aliphatic carbocycles. The molecule has 1 amide bonds. The molecule has 0 atom stereocenters. The topological polar surface area (TPSA) is 90.7 Å². The van der Waals surface area contributed by atoms with E-state index in [1.54, 1.807) is 6.07 Å². The van der Waals surface area contributed by atoms with Crippen molar-refractivity contribution in [3.63, 3.8) is 0 Å². The predicted octanol–water partition coefficient (Wildman–Crippen LogP) is 2.69. The lowest BCUT2D eigenvalue weighted by molar-refractivity contribution is 0.131. The molecule has 24 heavy (non-hydrogen) atoms. The van der Waals surface area contributed by atoms with Crippen LogP contribution in [0.1, 0.15) is 24.5 Å². The van der Waals surface area contributed by atoms with Crippen LogP contribution in [0.5, 0.6) is 0 Å². The van der Waals surface area contributed by atoms with Gasteiger partial charge in [-0.1, -0.05) is 17.7 Å². The Labute approximate surface area is 141 Å². The zero-order chi connectivity index (χ0) is 16.8. The van der Waals surface area contributed by atoms with Crippen molar-refractivity contribution in [1.29, 1.82) is 0 Å².